The Labute approximate surface area is 143 Å². The Bertz CT molecular complexity index is 646. The molecule has 0 N–H and O–H groups in total. The number of benzene rings is 2. The molecule has 0 amide bonds. The van der Waals surface area contributed by atoms with Gasteiger partial charge in [-0.1, -0.05) is 79.9 Å². The van der Waals surface area contributed by atoms with E-state index in [0.717, 1.165) is 25.7 Å². The second kappa shape index (κ2) is 7.12. The second-order valence-corrected chi connectivity index (χ2v) is 6.93. The minimum absolute atomic E-state index is 0.0381. The maximum Gasteiger partial charge on any atom is 0.176 e. The molecular formula is C22H24O2. The van der Waals surface area contributed by atoms with Crippen LogP contribution < -0.4 is 0 Å². The van der Waals surface area contributed by atoms with Crippen molar-refractivity contribution in [2.45, 2.75) is 39.0 Å². The van der Waals surface area contributed by atoms with Crippen LogP contribution in [0.5, 0.6) is 0 Å². The molecule has 2 heteroatoms. The van der Waals surface area contributed by atoms with Gasteiger partial charge in [0.05, 0.1) is 5.41 Å². The average molecular weight is 320 g/mol. The van der Waals surface area contributed by atoms with E-state index < -0.39 is 5.41 Å². The van der Waals surface area contributed by atoms with Crippen molar-refractivity contribution >= 4 is 11.6 Å². The van der Waals surface area contributed by atoms with Gasteiger partial charge in [0.25, 0.3) is 0 Å². The first kappa shape index (κ1) is 16.6. The highest BCUT2D eigenvalue weighted by molar-refractivity contribution is 6.19. The van der Waals surface area contributed by atoms with E-state index in [-0.39, 0.29) is 17.5 Å². The quantitative estimate of drug-likeness (QED) is 0.550. The Balaban J connectivity index is 2.03. The summed E-state index contributed by atoms with van der Waals surface area (Å²) in [6.45, 7) is 1.87. The third-order valence-electron chi connectivity index (χ3n) is 5.44. The van der Waals surface area contributed by atoms with Crippen LogP contribution in [0.25, 0.3) is 0 Å². The van der Waals surface area contributed by atoms with Crippen LogP contribution in [0, 0.1) is 11.3 Å². The molecule has 0 aliphatic heterocycles. The van der Waals surface area contributed by atoms with E-state index in [2.05, 4.69) is 0 Å². The van der Waals surface area contributed by atoms with Crippen molar-refractivity contribution in [1.29, 1.82) is 0 Å². The molecule has 2 aromatic rings. The van der Waals surface area contributed by atoms with E-state index in [0.29, 0.717) is 11.1 Å². The predicted octanol–water partition coefficient (Wildman–Crippen LogP) is 5.34. The van der Waals surface area contributed by atoms with Gasteiger partial charge < -0.3 is 0 Å². The maximum atomic E-state index is 13.4. The molecule has 0 unspecified atom stereocenters. The monoisotopic (exact) mass is 320 g/mol. The lowest BCUT2D eigenvalue weighted by molar-refractivity contribution is 0.0534. The highest BCUT2D eigenvalue weighted by atomic mass is 16.2. The van der Waals surface area contributed by atoms with E-state index in [1.54, 1.807) is 0 Å². The van der Waals surface area contributed by atoms with Crippen molar-refractivity contribution in [2.75, 3.05) is 0 Å². The summed E-state index contributed by atoms with van der Waals surface area (Å²) in [5.74, 6) is 0.0411. The SMILES string of the molecule is CC(C(=O)c1ccccc1)(C(=O)c1ccccc1)C1CCCCC1. The minimum atomic E-state index is -0.983. The summed E-state index contributed by atoms with van der Waals surface area (Å²) in [6.07, 6.45) is 5.31. The van der Waals surface area contributed by atoms with Crippen molar-refractivity contribution in [3.05, 3.63) is 71.8 Å². The van der Waals surface area contributed by atoms with E-state index in [4.69, 9.17) is 0 Å². The van der Waals surface area contributed by atoms with Gasteiger partial charge in [-0.3, -0.25) is 9.59 Å². The Morgan fingerprint density at radius 2 is 1.17 bits per heavy atom. The summed E-state index contributed by atoms with van der Waals surface area (Å²) in [6, 6.07) is 18.5. The number of carbonyl (C=O) groups excluding carboxylic acids is 2. The summed E-state index contributed by atoms with van der Waals surface area (Å²) in [7, 11) is 0. The van der Waals surface area contributed by atoms with Crippen LogP contribution in [-0.4, -0.2) is 11.6 Å². The van der Waals surface area contributed by atoms with E-state index in [1.807, 2.05) is 67.6 Å². The second-order valence-electron chi connectivity index (χ2n) is 6.93. The standard InChI is InChI=1S/C22H24O2/c1-22(19-15-9-4-10-16-19,20(23)17-11-5-2-6-12-17)21(24)18-13-7-3-8-14-18/h2-3,5-8,11-14,19H,4,9-10,15-16H2,1H3. The Morgan fingerprint density at radius 1 is 0.750 bits per heavy atom. The van der Waals surface area contributed by atoms with Gasteiger partial charge in [-0.2, -0.15) is 0 Å². The number of carbonyl (C=O) groups is 2. The molecule has 24 heavy (non-hydrogen) atoms. The molecule has 0 aromatic heterocycles. The van der Waals surface area contributed by atoms with Gasteiger partial charge in [0.2, 0.25) is 0 Å². The molecule has 1 saturated carbocycles. The first-order valence-corrected chi connectivity index (χ1v) is 8.83. The zero-order valence-electron chi connectivity index (χ0n) is 14.2. The molecule has 1 aliphatic rings. The number of ketones is 2. The van der Waals surface area contributed by atoms with E-state index in [1.165, 1.54) is 6.42 Å². The predicted molar refractivity (Wildman–Crippen MR) is 96.2 cm³/mol. The molecule has 2 nitrogen and oxygen atoms in total. The van der Waals surface area contributed by atoms with Gasteiger partial charge in [0, 0.05) is 11.1 Å². The lowest BCUT2D eigenvalue weighted by Crippen LogP contribution is -2.44. The molecule has 0 bridgehead atoms. The highest BCUT2D eigenvalue weighted by Crippen LogP contribution is 2.43. The minimum Gasteiger partial charge on any atom is -0.293 e. The fourth-order valence-electron chi connectivity index (χ4n) is 3.93. The fraction of sp³-hybridized carbons (Fsp3) is 0.364. The van der Waals surface area contributed by atoms with Gasteiger partial charge >= 0.3 is 0 Å². The number of hydrogen-bond donors (Lipinski definition) is 0. The highest BCUT2D eigenvalue weighted by Gasteiger charge is 2.47. The summed E-state index contributed by atoms with van der Waals surface area (Å²) in [4.78, 5) is 26.7. The van der Waals surface area contributed by atoms with Crippen LogP contribution >= 0.6 is 0 Å². The first-order valence-electron chi connectivity index (χ1n) is 8.83. The van der Waals surface area contributed by atoms with Crippen molar-refractivity contribution in [1.82, 2.24) is 0 Å². The molecule has 0 heterocycles. The molecule has 1 aliphatic carbocycles. The van der Waals surface area contributed by atoms with Crippen LogP contribution in [0.3, 0.4) is 0 Å². The molecule has 0 atom stereocenters. The van der Waals surface area contributed by atoms with Crippen LogP contribution in [0.1, 0.15) is 59.7 Å². The number of rotatable bonds is 5. The summed E-state index contributed by atoms with van der Waals surface area (Å²) in [5.41, 5.74) is 0.285. The molecule has 0 radical (unpaired) electrons. The lowest BCUT2D eigenvalue weighted by Gasteiger charge is -2.37. The summed E-state index contributed by atoms with van der Waals surface area (Å²) < 4.78 is 0. The van der Waals surface area contributed by atoms with Crippen LogP contribution in [0.15, 0.2) is 60.7 Å². The topological polar surface area (TPSA) is 34.1 Å². The van der Waals surface area contributed by atoms with Crippen LogP contribution in [-0.2, 0) is 0 Å². The van der Waals surface area contributed by atoms with Crippen molar-refractivity contribution < 1.29 is 9.59 Å². The van der Waals surface area contributed by atoms with Crippen LogP contribution in [0.2, 0.25) is 0 Å². The smallest absolute Gasteiger partial charge is 0.176 e. The van der Waals surface area contributed by atoms with E-state index in [9.17, 15) is 9.59 Å². The fourth-order valence-corrected chi connectivity index (χ4v) is 3.93. The van der Waals surface area contributed by atoms with Crippen LogP contribution in [0.4, 0.5) is 0 Å². The molecule has 0 saturated heterocycles. The molecular weight excluding hydrogens is 296 g/mol. The first-order chi connectivity index (χ1) is 11.6. The molecule has 0 spiro atoms. The zero-order valence-corrected chi connectivity index (χ0v) is 14.2. The zero-order chi connectivity index (χ0) is 17.0. The molecule has 1 fully saturated rings. The Morgan fingerprint density at radius 3 is 1.58 bits per heavy atom. The normalized spacial score (nSPS) is 15.9. The van der Waals surface area contributed by atoms with Gasteiger partial charge in [0.1, 0.15) is 0 Å². The largest absolute Gasteiger partial charge is 0.293 e. The van der Waals surface area contributed by atoms with Crippen molar-refractivity contribution in [3.63, 3.8) is 0 Å². The third-order valence-corrected chi connectivity index (χ3v) is 5.44. The van der Waals surface area contributed by atoms with Gasteiger partial charge in [-0.05, 0) is 25.7 Å². The Kier molecular flexibility index (Phi) is 4.94. The molecule has 124 valence electrons. The summed E-state index contributed by atoms with van der Waals surface area (Å²) >= 11 is 0. The lowest BCUT2D eigenvalue weighted by atomic mass is 9.63. The van der Waals surface area contributed by atoms with E-state index >= 15 is 0 Å². The third kappa shape index (κ3) is 3.06. The molecule has 3 rings (SSSR count). The number of Topliss-reactive ketones (excluding diaryl/α,β-unsaturated/α-hetero) is 2. The average Bonchev–Trinajstić information content (AvgIpc) is 2.68. The Hall–Kier alpha value is -2.22. The van der Waals surface area contributed by atoms with Crippen molar-refractivity contribution in [3.8, 4) is 0 Å². The molecule has 2 aromatic carbocycles. The number of hydrogen-bond acceptors (Lipinski definition) is 2. The maximum absolute atomic E-state index is 13.4. The van der Waals surface area contributed by atoms with Gasteiger partial charge in [-0.25, -0.2) is 0 Å². The van der Waals surface area contributed by atoms with Crippen molar-refractivity contribution in [2.24, 2.45) is 11.3 Å². The summed E-state index contributed by atoms with van der Waals surface area (Å²) in [5, 5.41) is 0. The van der Waals surface area contributed by atoms with Gasteiger partial charge in [0.15, 0.2) is 11.6 Å². The van der Waals surface area contributed by atoms with Gasteiger partial charge in [-0.15, -0.1) is 0 Å².